The lowest BCUT2D eigenvalue weighted by Gasteiger charge is -2.48. The monoisotopic (exact) mass is 639 g/mol. The number of fused-ring (bicyclic) bond motifs is 1. The van der Waals surface area contributed by atoms with Crippen molar-refractivity contribution < 1.29 is 4.79 Å². The SMILES string of the molecule is CC(C)C[C@@H]1CN(C[C@H](Cc2ccc(Cl)cc2Cl)N(C)C)[C@@H](CCCNCCN)CN1C(=O)Cc1ccc2ccccc2c1. The number of nitrogens with two attached hydrogens (primary N) is 1. The molecule has 0 saturated carbocycles. The van der Waals surface area contributed by atoms with Gasteiger partial charge in [-0.05, 0) is 86.3 Å². The summed E-state index contributed by atoms with van der Waals surface area (Å²) in [4.78, 5) is 21.2. The van der Waals surface area contributed by atoms with Gasteiger partial charge in [0.15, 0.2) is 0 Å². The molecule has 3 N–H and O–H groups in total. The second-order valence-electron chi connectivity index (χ2n) is 13.0. The molecule has 0 aromatic heterocycles. The highest BCUT2D eigenvalue weighted by molar-refractivity contribution is 6.35. The molecule has 1 fully saturated rings. The van der Waals surface area contributed by atoms with E-state index in [1.165, 1.54) is 10.8 Å². The van der Waals surface area contributed by atoms with Gasteiger partial charge in [0.05, 0.1) is 6.42 Å². The summed E-state index contributed by atoms with van der Waals surface area (Å²) in [6.45, 7) is 9.46. The summed E-state index contributed by atoms with van der Waals surface area (Å²) in [6, 6.07) is 21.3. The molecule has 0 spiro atoms. The van der Waals surface area contributed by atoms with Crippen LogP contribution in [-0.4, -0.2) is 92.1 Å². The van der Waals surface area contributed by atoms with Gasteiger partial charge in [-0.15, -0.1) is 0 Å². The Labute approximate surface area is 274 Å². The van der Waals surface area contributed by atoms with Crippen molar-refractivity contribution >= 4 is 39.9 Å². The molecule has 0 radical (unpaired) electrons. The van der Waals surface area contributed by atoms with Crippen LogP contribution in [0.4, 0.5) is 0 Å². The molecule has 1 saturated heterocycles. The van der Waals surface area contributed by atoms with E-state index in [1.807, 2.05) is 18.2 Å². The first kappa shape index (κ1) is 34.7. The molecule has 1 aliphatic heterocycles. The minimum atomic E-state index is 0.177. The number of hydrogen-bond donors (Lipinski definition) is 2. The number of piperazine rings is 1. The molecule has 8 heteroatoms. The number of nitrogens with zero attached hydrogens (tertiary/aromatic N) is 3. The summed E-state index contributed by atoms with van der Waals surface area (Å²) in [5, 5.41) is 7.21. The largest absolute Gasteiger partial charge is 0.337 e. The molecular weight excluding hydrogens is 589 g/mol. The van der Waals surface area contributed by atoms with E-state index >= 15 is 0 Å². The number of hydrogen-bond acceptors (Lipinski definition) is 5. The van der Waals surface area contributed by atoms with Gasteiger partial charge in [-0.1, -0.05) is 85.6 Å². The Balaban J connectivity index is 1.55. The summed E-state index contributed by atoms with van der Waals surface area (Å²) >= 11 is 12.8. The van der Waals surface area contributed by atoms with Crippen molar-refractivity contribution in [2.75, 3.05) is 53.4 Å². The quantitative estimate of drug-likeness (QED) is 0.196. The van der Waals surface area contributed by atoms with Crippen molar-refractivity contribution in [3.8, 4) is 0 Å². The number of rotatable bonds is 15. The average molecular weight is 641 g/mol. The number of amides is 1. The average Bonchev–Trinajstić information content (AvgIpc) is 2.98. The van der Waals surface area contributed by atoms with E-state index in [4.69, 9.17) is 28.9 Å². The molecule has 3 aromatic rings. The molecule has 4 rings (SSSR count). The fourth-order valence-electron chi connectivity index (χ4n) is 6.50. The van der Waals surface area contributed by atoms with E-state index < -0.39 is 0 Å². The molecule has 6 nitrogen and oxygen atoms in total. The topological polar surface area (TPSA) is 64.8 Å². The van der Waals surface area contributed by atoms with Crippen LogP contribution in [0.3, 0.4) is 0 Å². The van der Waals surface area contributed by atoms with Gasteiger partial charge in [-0.2, -0.15) is 0 Å². The predicted molar refractivity (Wildman–Crippen MR) is 187 cm³/mol. The molecular formula is C36H51Cl2N5O. The molecule has 1 amide bonds. The summed E-state index contributed by atoms with van der Waals surface area (Å²) in [5.74, 6) is 0.723. The van der Waals surface area contributed by atoms with E-state index in [1.54, 1.807) is 0 Å². The normalized spacial score (nSPS) is 18.4. The van der Waals surface area contributed by atoms with Crippen molar-refractivity contribution in [3.05, 3.63) is 81.8 Å². The van der Waals surface area contributed by atoms with E-state index in [2.05, 4.69) is 90.4 Å². The summed E-state index contributed by atoms with van der Waals surface area (Å²) in [5.41, 5.74) is 7.89. The number of nitrogens with one attached hydrogen (secondary N) is 1. The van der Waals surface area contributed by atoms with Gasteiger partial charge in [0.1, 0.15) is 0 Å². The second-order valence-corrected chi connectivity index (χ2v) is 13.9. The third kappa shape index (κ3) is 9.90. The van der Waals surface area contributed by atoms with Crippen molar-refractivity contribution in [1.29, 1.82) is 0 Å². The zero-order valence-electron chi connectivity index (χ0n) is 26.9. The molecule has 1 heterocycles. The van der Waals surface area contributed by atoms with Crippen LogP contribution in [0.15, 0.2) is 60.7 Å². The lowest BCUT2D eigenvalue weighted by molar-refractivity contribution is -0.138. The van der Waals surface area contributed by atoms with Gasteiger partial charge in [0, 0.05) is 60.9 Å². The Hall–Kier alpha value is -2.19. The Morgan fingerprint density at radius 2 is 1.77 bits per heavy atom. The van der Waals surface area contributed by atoms with Crippen LogP contribution in [0.1, 0.15) is 44.2 Å². The van der Waals surface area contributed by atoms with Gasteiger partial charge in [0.2, 0.25) is 5.91 Å². The van der Waals surface area contributed by atoms with E-state index in [-0.39, 0.29) is 24.0 Å². The number of carbonyl (C=O) groups is 1. The molecule has 3 atom stereocenters. The van der Waals surface area contributed by atoms with Crippen molar-refractivity contribution in [3.63, 3.8) is 0 Å². The Morgan fingerprint density at radius 3 is 2.48 bits per heavy atom. The second kappa shape index (κ2) is 16.9. The third-order valence-electron chi connectivity index (χ3n) is 8.90. The van der Waals surface area contributed by atoms with Crippen LogP contribution >= 0.6 is 23.2 Å². The highest BCUT2D eigenvalue weighted by Crippen LogP contribution is 2.28. The van der Waals surface area contributed by atoms with Crippen LogP contribution in [0.5, 0.6) is 0 Å². The number of carbonyl (C=O) groups excluding carboxylic acids is 1. The summed E-state index contributed by atoms with van der Waals surface area (Å²) in [7, 11) is 4.30. The molecule has 3 aromatic carbocycles. The summed E-state index contributed by atoms with van der Waals surface area (Å²) in [6.07, 6.45) is 4.32. The van der Waals surface area contributed by atoms with Crippen molar-refractivity contribution in [2.45, 2.75) is 64.1 Å². The Kier molecular flexibility index (Phi) is 13.3. The van der Waals surface area contributed by atoms with Gasteiger partial charge >= 0.3 is 0 Å². The first-order valence-electron chi connectivity index (χ1n) is 16.2. The minimum absolute atomic E-state index is 0.177. The van der Waals surface area contributed by atoms with E-state index in [0.717, 1.165) is 69.5 Å². The molecule has 0 unspecified atom stereocenters. The van der Waals surface area contributed by atoms with Gasteiger partial charge in [-0.3, -0.25) is 9.69 Å². The highest BCUT2D eigenvalue weighted by atomic mass is 35.5. The zero-order chi connectivity index (χ0) is 31.6. The van der Waals surface area contributed by atoms with Crippen LogP contribution in [-0.2, 0) is 17.6 Å². The lowest BCUT2D eigenvalue weighted by Crippen LogP contribution is -2.62. The van der Waals surface area contributed by atoms with Crippen molar-refractivity contribution in [2.24, 2.45) is 11.7 Å². The number of halogens is 2. The number of benzene rings is 3. The lowest BCUT2D eigenvalue weighted by atomic mass is 9.93. The van der Waals surface area contributed by atoms with Gasteiger partial charge in [0.25, 0.3) is 0 Å². The predicted octanol–water partition coefficient (Wildman–Crippen LogP) is 6.12. The fraction of sp³-hybridized carbons (Fsp3) is 0.528. The molecule has 0 bridgehead atoms. The highest BCUT2D eigenvalue weighted by Gasteiger charge is 2.37. The minimum Gasteiger partial charge on any atom is -0.337 e. The summed E-state index contributed by atoms with van der Waals surface area (Å²) < 4.78 is 0. The standard InChI is InChI=1S/C36H51Cl2N5O/c1-26(2)18-34-24-42(23-33(41(3)4)21-30-13-14-31(37)22-35(30)38)32(10-7-16-40-17-15-39)25-43(34)36(44)20-27-11-12-28-8-5-6-9-29(28)19-27/h5-6,8-9,11-14,19,22,26,32-34,40H,7,10,15-18,20-21,23-25,39H2,1-4H3/t32-,33-,34+/m0/s1. The van der Waals surface area contributed by atoms with Crippen molar-refractivity contribution in [1.82, 2.24) is 20.0 Å². The van der Waals surface area contributed by atoms with E-state index in [9.17, 15) is 4.79 Å². The molecule has 1 aliphatic rings. The van der Waals surface area contributed by atoms with Gasteiger partial charge in [-0.25, -0.2) is 0 Å². The van der Waals surface area contributed by atoms with Crippen LogP contribution < -0.4 is 11.1 Å². The fourth-order valence-corrected chi connectivity index (χ4v) is 6.98. The molecule has 0 aliphatic carbocycles. The van der Waals surface area contributed by atoms with Crippen LogP contribution in [0.2, 0.25) is 10.0 Å². The zero-order valence-corrected chi connectivity index (χ0v) is 28.5. The maximum Gasteiger partial charge on any atom is 0.227 e. The molecule has 44 heavy (non-hydrogen) atoms. The third-order valence-corrected chi connectivity index (χ3v) is 9.49. The van der Waals surface area contributed by atoms with Crippen LogP contribution in [0.25, 0.3) is 10.8 Å². The maximum absolute atomic E-state index is 14.0. The first-order valence-corrected chi connectivity index (χ1v) is 16.9. The number of likely N-dealkylation sites (N-methyl/N-ethyl adjacent to an activating group) is 1. The Morgan fingerprint density at radius 1 is 1.00 bits per heavy atom. The van der Waals surface area contributed by atoms with Gasteiger partial charge < -0.3 is 20.9 Å². The Bertz CT molecular complexity index is 1350. The van der Waals surface area contributed by atoms with Crippen LogP contribution in [0, 0.1) is 5.92 Å². The first-order chi connectivity index (χ1) is 21.1. The molecule has 240 valence electrons. The van der Waals surface area contributed by atoms with E-state index in [0.29, 0.717) is 28.9 Å². The maximum atomic E-state index is 14.0. The smallest absolute Gasteiger partial charge is 0.227 e.